The maximum atomic E-state index is 13.4. The van der Waals surface area contributed by atoms with Gasteiger partial charge in [-0.1, -0.05) is 24.6 Å². The number of carbonyl (C=O) groups is 2. The highest BCUT2D eigenvalue weighted by molar-refractivity contribution is 7.21. The highest BCUT2D eigenvalue weighted by Crippen LogP contribution is 2.38. The summed E-state index contributed by atoms with van der Waals surface area (Å²) in [4.78, 5) is 33.2. The number of amides is 2. The number of halogens is 3. The van der Waals surface area contributed by atoms with Crippen LogP contribution in [-0.4, -0.2) is 42.9 Å². The number of thiophene rings is 2. The Hall–Kier alpha value is -2.85. The molecule has 0 unspecified atom stereocenters. The maximum absolute atomic E-state index is 13.4. The summed E-state index contributed by atoms with van der Waals surface area (Å²) in [5.41, 5.74) is -0.508. The predicted octanol–water partition coefficient (Wildman–Crippen LogP) is 5.88. The smallest absolute Gasteiger partial charge is 0.367 e. The molecule has 3 aromatic rings. The fourth-order valence-corrected chi connectivity index (χ4v) is 7.07. The van der Waals surface area contributed by atoms with Crippen molar-refractivity contribution in [2.24, 2.45) is 11.8 Å². The fourth-order valence-electron chi connectivity index (χ4n) is 5.29. The number of rotatable bonds is 6. The fraction of sp³-hybridized carbons (Fsp3) is 0.407. The largest absolute Gasteiger partial charge is 0.418 e. The minimum absolute atomic E-state index is 0.0579. The minimum Gasteiger partial charge on any atom is -0.367 e. The second-order valence-electron chi connectivity index (χ2n) is 9.43. The van der Waals surface area contributed by atoms with Crippen LogP contribution in [0.1, 0.15) is 29.7 Å². The Balaban J connectivity index is 1.16. The number of nitrogens with one attached hydrogen (secondary N) is 1. The van der Waals surface area contributed by atoms with Crippen LogP contribution in [0.25, 0.3) is 9.75 Å². The van der Waals surface area contributed by atoms with Crippen molar-refractivity contribution in [1.29, 1.82) is 0 Å². The molecular formula is C27H28F3N3O2S2. The van der Waals surface area contributed by atoms with E-state index in [1.807, 2.05) is 17.5 Å². The van der Waals surface area contributed by atoms with Crippen LogP contribution >= 0.6 is 22.7 Å². The lowest BCUT2D eigenvalue weighted by Gasteiger charge is -2.38. The molecule has 2 atom stereocenters. The molecule has 5 nitrogen and oxygen atoms in total. The van der Waals surface area contributed by atoms with Crippen molar-refractivity contribution in [3.8, 4) is 9.75 Å². The van der Waals surface area contributed by atoms with Crippen molar-refractivity contribution in [1.82, 2.24) is 10.2 Å². The van der Waals surface area contributed by atoms with E-state index in [1.54, 1.807) is 38.5 Å². The van der Waals surface area contributed by atoms with Gasteiger partial charge in [0.25, 0.3) is 0 Å². The van der Waals surface area contributed by atoms with Crippen LogP contribution in [0.5, 0.6) is 0 Å². The number of anilines is 1. The molecule has 196 valence electrons. The molecule has 37 heavy (non-hydrogen) atoms. The molecule has 3 heterocycles. The first-order valence-corrected chi connectivity index (χ1v) is 14.1. The van der Waals surface area contributed by atoms with Crippen molar-refractivity contribution < 1.29 is 22.8 Å². The molecule has 1 N–H and O–H groups in total. The summed E-state index contributed by atoms with van der Waals surface area (Å²) in [5.74, 6) is -0.899. The van der Waals surface area contributed by atoms with Crippen LogP contribution in [-0.2, 0) is 22.3 Å². The highest BCUT2D eigenvalue weighted by Gasteiger charge is 2.41. The molecule has 2 aliphatic rings. The van der Waals surface area contributed by atoms with Crippen molar-refractivity contribution in [2.75, 3.05) is 31.1 Å². The van der Waals surface area contributed by atoms with Gasteiger partial charge in [0.1, 0.15) is 0 Å². The lowest BCUT2D eigenvalue weighted by atomic mass is 9.93. The molecule has 10 heteroatoms. The molecule has 0 bridgehead atoms. The van der Waals surface area contributed by atoms with E-state index in [1.165, 1.54) is 21.9 Å². The van der Waals surface area contributed by atoms with Crippen LogP contribution < -0.4 is 10.2 Å². The van der Waals surface area contributed by atoms with E-state index in [4.69, 9.17) is 0 Å². The lowest BCUT2D eigenvalue weighted by molar-refractivity contribution is -0.141. The van der Waals surface area contributed by atoms with Crippen LogP contribution in [0, 0.1) is 11.8 Å². The molecule has 2 fully saturated rings. The van der Waals surface area contributed by atoms with Crippen LogP contribution in [0.3, 0.4) is 0 Å². The van der Waals surface area contributed by atoms with Gasteiger partial charge in [0.15, 0.2) is 0 Å². The van der Waals surface area contributed by atoms with E-state index in [0.29, 0.717) is 45.6 Å². The van der Waals surface area contributed by atoms with Crippen molar-refractivity contribution in [3.05, 3.63) is 64.4 Å². The summed E-state index contributed by atoms with van der Waals surface area (Å²) in [6.07, 6.45) is -2.28. The van der Waals surface area contributed by atoms with E-state index < -0.39 is 11.7 Å². The molecule has 5 rings (SSSR count). The molecule has 0 radical (unpaired) electrons. The van der Waals surface area contributed by atoms with Gasteiger partial charge in [0.05, 0.1) is 12.1 Å². The molecule has 2 amide bonds. The number of alkyl halides is 3. The minimum atomic E-state index is -4.43. The Kier molecular flexibility index (Phi) is 7.57. The first kappa shape index (κ1) is 25.8. The SMILES string of the molecule is O=C(NCc1ccc(-c2cccs2)s1)[C@@H]1CCC[C@H]1C(=O)N1CCN(c2ccccc2C(F)(F)F)CC1. The highest BCUT2D eigenvalue weighted by atomic mass is 32.1. The van der Waals surface area contributed by atoms with Crippen LogP contribution in [0.4, 0.5) is 18.9 Å². The third kappa shape index (κ3) is 5.70. The van der Waals surface area contributed by atoms with Gasteiger partial charge in [0.2, 0.25) is 11.8 Å². The monoisotopic (exact) mass is 547 g/mol. The Bertz CT molecular complexity index is 1230. The summed E-state index contributed by atoms with van der Waals surface area (Å²) >= 11 is 3.33. The average molecular weight is 548 g/mol. The standard InChI is InChI=1S/C27H28F3N3O2S2/c28-27(29,30)21-7-1-2-8-22(21)32-12-14-33(15-13-32)26(35)20-6-3-5-19(20)25(34)31-17-18-10-11-24(37-18)23-9-4-16-36-23/h1-2,4,7-11,16,19-20H,3,5-6,12-15,17H2,(H,31,34)/t19-,20-/m1/s1. The van der Waals surface area contributed by atoms with E-state index in [-0.39, 0.29) is 29.3 Å². The summed E-state index contributed by atoms with van der Waals surface area (Å²) in [6.45, 7) is 1.78. The third-order valence-corrected chi connectivity index (χ3v) is 9.32. The first-order chi connectivity index (χ1) is 17.8. The number of hydrogen-bond acceptors (Lipinski definition) is 5. The van der Waals surface area contributed by atoms with Gasteiger partial charge in [-0.3, -0.25) is 9.59 Å². The van der Waals surface area contributed by atoms with E-state index in [2.05, 4.69) is 17.4 Å². The Morgan fingerprint density at radius 3 is 2.41 bits per heavy atom. The lowest BCUT2D eigenvalue weighted by Crippen LogP contribution is -2.52. The van der Waals surface area contributed by atoms with Gasteiger partial charge in [-0.15, -0.1) is 22.7 Å². The van der Waals surface area contributed by atoms with Gasteiger partial charge >= 0.3 is 6.18 Å². The first-order valence-electron chi connectivity index (χ1n) is 12.4. The molecule has 1 aromatic carbocycles. The summed E-state index contributed by atoms with van der Waals surface area (Å²) in [6, 6.07) is 13.7. The molecule has 1 saturated heterocycles. The number of para-hydroxylation sites is 1. The zero-order valence-corrected chi connectivity index (χ0v) is 21.8. The predicted molar refractivity (Wildman–Crippen MR) is 141 cm³/mol. The Labute approximate surface area is 221 Å². The van der Waals surface area contributed by atoms with Gasteiger partial charge in [-0.2, -0.15) is 13.2 Å². The Morgan fingerprint density at radius 1 is 0.919 bits per heavy atom. The van der Waals surface area contributed by atoms with Crippen molar-refractivity contribution >= 4 is 40.2 Å². The quantitative estimate of drug-likeness (QED) is 0.420. The second-order valence-corrected chi connectivity index (χ2v) is 11.5. The third-order valence-electron chi connectivity index (χ3n) is 7.17. The maximum Gasteiger partial charge on any atom is 0.418 e. The van der Waals surface area contributed by atoms with E-state index in [0.717, 1.165) is 17.4 Å². The number of benzene rings is 1. The summed E-state index contributed by atoms with van der Waals surface area (Å²) in [5, 5.41) is 5.06. The number of carbonyl (C=O) groups excluding carboxylic acids is 2. The topological polar surface area (TPSA) is 52.7 Å². The van der Waals surface area contributed by atoms with Crippen molar-refractivity contribution in [3.63, 3.8) is 0 Å². The van der Waals surface area contributed by atoms with Gasteiger partial charge in [-0.25, -0.2) is 0 Å². The Morgan fingerprint density at radius 2 is 1.68 bits per heavy atom. The van der Waals surface area contributed by atoms with Gasteiger partial charge < -0.3 is 15.1 Å². The molecular weight excluding hydrogens is 519 g/mol. The summed E-state index contributed by atoms with van der Waals surface area (Å²) in [7, 11) is 0. The number of nitrogens with zero attached hydrogens (tertiary/aromatic N) is 2. The molecule has 1 saturated carbocycles. The molecule has 2 aromatic heterocycles. The average Bonchev–Trinajstić information content (AvgIpc) is 3.68. The summed E-state index contributed by atoms with van der Waals surface area (Å²) < 4.78 is 40.3. The van der Waals surface area contributed by atoms with Crippen molar-refractivity contribution in [2.45, 2.75) is 32.0 Å². The van der Waals surface area contributed by atoms with Crippen LogP contribution in [0.2, 0.25) is 0 Å². The normalized spacial score (nSPS) is 20.3. The number of piperazine rings is 1. The zero-order valence-electron chi connectivity index (χ0n) is 20.2. The van der Waals surface area contributed by atoms with E-state index >= 15 is 0 Å². The second kappa shape index (κ2) is 10.9. The molecule has 1 aliphatic heterocycles. The number of hydrogen-bond donors (Lipinski definition) is 1. The van der Waals surface area contributed by atoms with Gasteiger partial charge in [0, 0.05) is 58.3 Å². The van der Waals surface area contributed by atoms with Crippen LogP contribution in [0.15, 0.2) is 53.9 Å². The molecule has 0 spiro atoms. The molecule has 1 aliphatic carbocycles. The van der Waals surface area contributed by atoms with E-state index in [9.17, 15) is 22.8 Å². The van der Waals surface area contributed by atoms with Gasteiger partial charge in [-0.05, 0) is 48.6 Å². The zero-order chi connectivity index (χ0) is 26.0.